The Morgan fingerprint density at radius 1 is 1.14 bits per heavy atom. The van der Waals surface area contributed by atoms with Crippen LogP contribution in [-0.4, -0.2) is 42.7 Å². The van der Waals surface area contributed by atoms with Gasteiger partial charge in [0.05, 0.1) is 0 Å². The first kappa shape index (κ1) is 23.4. The first-order chi connectivity index (χ1) is 1.73. The third-order valence-corrected chi connectivity index (χ3v) is 0. The average molecular weight is 332 g/mol. The van der Waals surface area contributed by atoms with Crippen molar-refractivity contribution in [2.75, 3.05) is 0 Å². The molecule has 7 heteroatoms. The van der Waals surface area contributed by atoms with Crippen molar-refractivity contribution in [3.8, 4) is 0 Å². The van der Waals surface area contributed by atoms with Gasteiger partial charge in [-0.25, -0.2) is 0 Å². The molecule has 0 radical (unpaired) electrons. The average Bonchev–Trinajstić information content (AvgIpc) is 0.811. The first-order valence-electron chi connectivity index (χ1n) is 0.651. The van der Waals surface area contributed by atoms with Gasteiger partial charge in [0.2, 0.25) is 0 Å². The Morgan fingerprint density at radius 3 is 1.14 bits per heavy atom. The molecule has 0 aromatic rings. The summed E-state index contributed by atoms with van der Waals surface area (Å²) in [6.45, 7) is 0. The van der Waals surface area contributed by atoms with Crippen LogP contribution in [0.1, 0.15) is 0 Å². The van der Waals surface area contributed by atoms with Gasteiger partial charge in [-0.05, 0) is 0 Å². The second kappa shape index (κ2) is 15.6. The van der Waals surface area contributed by atoms with E-state index in [9.17, 15) is 0 Å². The fourth-order valence-electron chi connectivity index (χ4n) is 0. The van der Waals surface area contributed by atoms with E-state index in [0.717, 1.165) is 0 Å². The molecule has 7 heavy (non-hydrogen) atoms. The monoisotopic (exact) mass is 330 g/mol. The second-order valence-electron chi connectivity index (χ2n) is 0.283. The van der Waals surface area contributed by atoms with Crippen LogP contribution in [-0.2, 0) is 43.4 Å². The van der Waals surface area contributed by atoms with Crippen LogP contribution in [0.3, 0.4) is 0 Å². The SMILES string of the molecule is O=[Si](O)O.[SnH4].[Zn].[Zn]. The van der Waals surface area contributed by atoms with Gasteiger partial charge in [0.15, 0.2) is 0 Å². The van der Waals surface area contributed by atoms with Crippen LogP contribution in [0.25, 0.3) is 0 Å². The van der Waals surface area contributed by atoms with Gasteiger partial charge in [0, 0.05) is 39.0 Å². The summed E-state index contributed by atoms with van der Waals surface area (Å²) in [7, 11) is -3.13. The summed E-state index contributed by atoms with van der Waals surface area (Å²) in [5.74, 6) is 0. The van der Waals surface area contributed by atoms with Crippen molar-refractivity contribution < 1.29 is 53.0 Å². The summed E-state index contributed by atoms with van der Waals surface area (Å²) in [6.07, 6.45) is 0. The van der Waals surface area contributed by atoms with Gasteiger partial charge < -0.3 is 9.59 Å². The van der Waals surface area contributed by atoms with Crippen LogP contribution >= 0.6 is 0 Å². The van der Waals surface area contributed by atoms with Gasteiger partial charge in [-0.1, -0.05) is 0 Å². The minimum atomic E-state index is -3.13. The van der Waals surface area contributed by atoms with Crippen molar-refractivity contribution in [2.45, 2.75) is 0 Å². The van der Waals surface area contributed by atoms with E-state index in [1.54, 1.807) is 0 Å². The van der Waals surface area contributed by atoms with Crippen molar-refractivity contribution in [3.05, 3.63) is 0 Å². The molecule has 36 valence electrons. The van der Waals surface area contributed by atoms with Crippen LogP contribution in [0.5, 0.6) is 0 Å². The van der Waals surface area contributed by atoms with Crippen molar-refractivity contribution >= 4 is 33.1 Å². The molecule has 0 bridgehead atoms. The normalized spacial score (nSPS) is 3.43. The van der Waals surface area contributed by atoms with Gasteiger partial charge in [-0.15, -0.1) is 0 Å². The maximum Gasteiger partial charge on any atom is 0 e. The molecule has 0 aliphatic rings. The summed E-state index contributed by atoms with van der Waals surface area (Å²) >= 11 is 0. The molecule has 0 spiro atoms. The van der Waals surface area contributed by atoms with E-state index in [4.69, 9.17) is 14.1 Å². The van der Waals surface area contributed by atoms with Crippen molar-refractivity contribution in [2.24, 2.45) is 0 Å². The van der Waals surface area contributed by atoms with E-state index < -0.39 is 9.17 Å². The molecule has 3 nitrogen and oxygen atoms in total. The van der Waals surface area contributed by atoms with Gasteiger partial charge >= 0.3 is 33.1 Å². The van der Waals surface area contributed by atoms with E-state index >= 15 is 0 Å². The molecule has 0 atom stereocenters. The number of hydrogen-bond donors (Lipinski definition) is 2. The first-order valence-corrected chi connectivity index (χ1v) is 1.95. The summed E-state index contributed by atoms with van der Waals surface area (Å²) in [5, 5.41) is 0. The van der Waals surface area contributed by atoms with Gasteiger partial charge in [-0.2, -0.15) is 0 Å². The molecule has 0 aromatic heterocycles. The summed E-state index contributed by atoms with van der Waals surface area (Å²) in [4.78, 5) is 14.3. The molecule has 0 unspecified atom stereocenters. The Hall–Kier alpha value is 1.66. The minimum Gasteiger partial charge on any atom is 0 e. The molecule has 0 amide bonds. The predicted octanol–water partition coefficient (Wildman–Crippen LogP) is -3.07. The topological polar surface area (TPSA) is 57.5 Å². The van der Waals surface area contributed by atoms with Crippen LogP contribution < -0.4 is 0 Å². The predicted molar refractivity (Wildman–Crippen MR) is 22.2 cm³/mol. The zero-order chi connectivity index (χ0) is 3.58. The molecule has 0 aliphatic carbocycles. The van der Waals surface area contributed by atoms with Gasteiger partial charge in [0.25, 0.3) is 0 Å². The van der Waals surface area contributed by atoms with Crippen molar-refractivity contribution in [1.29, 1.82) is 0 Å². The molecule has 0 rings (SSSR count). The van der Waals surface area contributed by atoms with E-state index in [2.05, 4.69) is 0 Å². The Balaban J connectivity index is -0.0000000150. The fraction of sp³-hybridized carbons (Fsp3) is 0. The molecular weight excluding hydrogens is 326 g/mol. The Bertz CT molecular complexity index is 35.9. The van der Waals surface area contributed by atoms with Gasteiger partial charge in [-0.3, -0.25) is 4.46 Å². The van der Waals surface area contributed by atoms with Crippen molar-refractivity contribution in [1.82, 2.24) is 0 Å². The van der Waals surface area contributed by atoms with Crippen LogP contribution in [0.15, 0.2) is 0 Å². The molecule has 0 saturated heterocycles. The van der Waals surface area contributed by atoms with Crippen LogP contribution in [0, 0.1) is 0 Å². The molecular formula is H6O3SiSnZn2. The molecule has 0 aromatic carbocycles. The third-order valence-electron chi connectivity index (χ3n) is 0. The Morgan fingerprint density at radius 2 is 1.14 bits per heavy atom. The number of rotatable bonds is 0. The van der Waals surface area contributed by atoms with Crippen LogP contribution in [0.4, 0.5) is 0 Å². The summed E-state index contributed by atoms with van der Waals surface area (Å²) in [5.41, 5.74) is 0. The maximum atomic E-state index is 8.74. The van der Waals surface area contributed by atoms with E-state index in [0.29, 0.717) is 0 Å². The Labute approximate surface area is 85.3 Å². The van der Waals surface area contributed by atoms with E-state index in [1.807, 2.05) is 0 Å². The quantitative estimate of drug-likeness (QED) is 0.463. The maximum absolute atomic E-state index is 8.74. The van der Waals surface area contributed by atoms with Crippen molar-refractivity contribution in [3.63, 3.8) is 0 Å². The fourth-order valence-corrected chi connectivity index (χ4v) is 0. The minimum absolute atomic E-state index is 0. The van der Waals surface area contributed by atoms with Gasteiger partial charge in [0.1, 0.15) is 0 Å². The molecule has 0 aliphatic heterocycles. The summed E-state index contributed by atoms with van der Waals surface area (Å²) in [6, 6.07) is 0. The Kier molecular flexibility index (Phi) is 52.3. The molecule has 0 fully saturated rings. The smallest absolute Gasteiger partial charge is 0 e. The molecule has 0 heterocycles. The largest absolute Gasteiger partial charge is 0 e. The zero-order valence-electron chi connectivity index (χ0n) is 3.22. The second-order valence-corrected chi connectivity index (χ2v) is 0.848. The molecule has 0 saturated carbocycles. The molecule has 2 N–H and O–H groups in total. The van der Waals surface area contributed by atoms with Crippen LogP contribution in [0.2, 0.25) is 0 Å². The standard InChI is InChI=1S/H2O3Si.Sn.2Zn.4H/c1-4(2)3;;;;;;;/h1-2H;;;;;;;. The third kappa shape index (κ3) is 88.9. The van der Waals surface area contributed by atoms with E-state index in [-0.39, 0.29) is 62.9 Å². The summed E-state index contributed by atoms with van der Waals surface area (Å²) < 4.78 is 8.74. The van der Waals surface area contributed by atoms with E-state index in [1.165, 1.54) is 0 Å². The number of hydrogen-bond acceptors (Lipinski definition) is 1. The zero-order valence-corrected chi connectivity index (χ0v) is 10.2.